The van der Waals surface area contributed by atoms with Gasteiger partial charge in [-0.1, -0.05) is 66.7 Å². The molecule has 0 saturated heterocycles. The average Bonchev–Trinajstić information content (AvgIpc) is 2.79. The molecule has 0 N–H and O–H groups in total. The topological polar surface area (TPSA) is 42.2 Å². The van der Waals surface area contributed by atoms with Crippen LogP contribution >= 0.6 is 0 Å². The van der Waals surface area contributed by atoms with Crippen LogP contribution in [0.1, 0.15) is 5.56 Å². The van der Waals surface area contributed by atoms with Crippen molar-refractivity contribution in [3.8, 4) is 29.1 Å². The third-order valence-corrected chi connectivity index (χ3v) is 5.00. The van der Waals surface area contributed by atoms with Crippen molar-refractivity contribution in [3.63, 3.8) is 0 Å². The smallest absolute Gasteiger partial charge is 0.149 e. The van der Waals surface area contributed by atoms with Crippen molar-refractivity contribution in [3.05, 3.63) is 109 Å². The summed E-state index contributed by atoms with van der Waals surface area (Å²) in [4.78, 5) is 0. The highest BCUT2D eigenvalue weighted by Gasteiger charge is 2.13. The summed E-state index contributed by atoms with van der Waals surface area (Å²) in [5.41, 5.74) is 0.360. The predicted molar refractivity (Wildman–Crippen MR) is 119 cm³/mol. The number of benzene rings is 5. The lowest BCUT2D eigenvalue weighted by Gasteiger charge is -2.13. The molecule has 3 heteroatoms. The summed E-state index contributed by atoms with van der Waals surface area (Å²) in [6, 6.07) is 35.5. The van der Waals surface area contributed by atoms with E-state index in [4.69, 9.17) is 9.47 Å². The van der Waals surface area contributed by atoms with Gasteiger partial charge >= 0.3 is 0 Å². The molecular formula is C27H17NO2. The van der Waals surface area contributed by atoms with Gasteiger partial charge < -0.3 is 9.47 Å². The Bertz CT molecular complexity index is 1320. The third kappa shape index (κ3) is 3.43. The van der Waals surface area contributed by atoms with Crippen LogP contribution in [0.4, 0.5) is 0 Å². The number of rotatable bonds is 4. The zero-order chi connectivity index (χ0) is 20.3. The molecule has 0 bridgehead atoms. The lowest BCUT2D eigenvalue weighted by atomic mass is 10.1. The number of nitriles is 1. The molecular weight excluding hydrogens is 370 g/mol. The number of nitrogens with zero attached hydrogens (tertiary/aromatic N) is 1. The van der Waals surface area contributed by atoms with Gasteiger partial charge in [0, 0.05) is 0 Å². The van der Waals surface area contributed by atoms with E-state index in [1.54, 1.807) is 12.1 Å². The van der Waals surface area contributed by atoms with Crippen LogP contribution in [0, 0.1) is 11.3 Å². The standard InChI is InChI=1S/C27H17NO2/c28-18-25-26(29-23-14-12-19-6-1-3-8-21(19)16-23)10-5-11-27(25)30-24-15-13-20-7-2-4-9-22(20)17-24/h1-17H. The summed E-state index contributed by atoms with van der Waals surface area (Å²) in [5.74, 6) is 2.28. The number of hydrogen-bond acceptors (Lipinski definition) is 3. The normalized spacial score (nSPS) is 10.6. The Labute approximate surface area is 174 Å². The minimum absolute atomic E-state index is 0.360. The van der Waals surface area contributed by atoms with Gasteiger partial charge in [-0.2, -0.15) is 5.26 Å². The molecule has 3 nitrogen and oxygen atoms in total. The molecule has 0 saturated carbocycles. The fraction of sp³-hybridized carbons (Fsp3) is 0. The molecule has 0 unspecified atom stereocenters. The molecule has 0 amide bonds. The fourth-order valence-corrected chi connectivity index (χ4v) is 3.51. The Kier molecular flexibility index (Phi) is 4.51. The van der Waals surface area contributed by atoms with Gasteiger partial charge in [0.15, 0.2) is 0 Å². The molecule has 0 heterocycles. The van der Waals surface area contributed by atoms with Gasteiger partial charge in [0.1, 0.15) is 34.6 Å². The van der Waals surface area contributed by atoms with Crippen LogP contribution < -0.4 is 9.47 Å². The molecule has 5 rings (SSSR count). The Morgan fingerprint density at radius 2 is 0.967 bits per heavy atom. The first-order chi connectivity index (χ1) is 14.8. The average molecular weight is 387 g/mol. The Hall–Kier alpha value is -4.29. The number of fused-ring (bicyclic) bond motifs is 2. The molecule has 0 spiro atoms. The largest absolute Gasteiger partial charge is 0.456 e. The van der Waals surface area contributed by atoms with Crippen LogP contribution in [0.15, 0.2) is 103 Å². The SMILES string of the molecule is N#Cc1c(Oc2ccc3ccccc3c2)cccc1Oc1ccc2ccccc2c1. The predicted octanol–water partition coefficient (Wildman–Crippen LogP) is 7.45. The lowest BCUT2D eigenvalue weighted by molar-refractivity contribution is 0.458. The summed E-state index contributed by atoms with van der Waals surface area (Å²) in [6.07, 6.45) is 0. The van der Waals surface area contributed by atoms with E-state index in [2.05, 4.69) is 18.2 Å². The monoisotopic (exact) mass is 387 g/mol. The second-order valence-electron chi connectivity index (χ2n) is 6.96. The van der Waals surface area contributed by atoms with E-state index < -0.39 is 0 Å². The maximum absolute atomic E-state index is 9.79. The fourth-order valence-electron chi connectivity index (χ4n) is 3.51. The van der Waals surface area contributed by atoms with E-state index in [9.17, 15) is 5.26 Å². The van der Waals surface area contributed by atoms with E-state index in [0.29, 0.717) is 28.6 Å². The first-order valence-electron chi connectivity index (χ1n) is 9.66. The van der Waals surface area contributed by atoms with Crippen LogP contribution in [0.5, 0.6) is 23.0 Å². The van der Waals surface area contributed by atoms with Gasteiger partial charge in [0.2, 0.25) is 0 Å². The quantitative estimate of drug-likeness (QED) is 0.322. The minimum atomic E-state index is 0.360. The summed E-state index contributed by atoms with van der Waals surface area (Å²) >= 11 is 0. The van der Waals surface area contributed by atoms with Crippen LogP contribution in [-0.4, -0.2) is 0 Å². The molecule has 0 aromatic heterocycles. The van der Waals surface area contributed by atoms with Gasteiger partial charge in [-0.05, 0) is 57.9 Å². The van der Waals surface area contributed by atoms with Gasteiger partial charge in [-0.25, -0.2) is 0 Å². The summed E-state index contributed by atoms with van der Waals surface area (Å²) in [5, 5.41) is 14.2. The summed E-state index contributed by atoms with van der Waals surface area (Å²) < 4.78 is 12.1. The van der Waals surface area contributed by atoms with Crippen LogP contribution in [0.3, 0.4) is 0 Å². The molecule has 0 fully saturated rings. The molecule has 0 atom stereocenters. The van der Waals surface area contributed by atoms with E-state index in [1.165, 1.54) is 0 Å². The van der Waals surface area contributed by atoms with Crippen LogP contribution in [-0.2, 0) is 0 Å². The molecule has 0 radical (unpaired) electrons. The van der Waals surface area contributed by atoms with E-state index in [0.717, 1.165) is 21.5 Å². The first kappa shape index (κ1) is 17.8. The van der Waals surface area contributed by atoms with Crippen molar-refractivity contribution in [1.29, 1.82) is 5.26 Å². The van der Waals surface area contributed by atoms with Gasteiger partial charge in [0.25, 0.3) is 0 Å². The van der Waals surface area contributed by atoms with Gasteiger partial charge in [-0.15, -0.1) is 0 Å². The Balaban J connectivity index is 1.48. The molecule has 5 aromatic carbocycles. The highest BCUT2D eigenvalue weighted by molar-refractivity contribution is 5.84. The van der Waals surface area contributed by atoms with Crippen molar-refractivity contribution in [2.24, 2.45) is 0 Å². The second-order valence-corrected chi connectivity index (χ2v) is 6.96. The minimum Gasteiger partial charge on any atom is -0.456 e. The van der Waals surface area contributed by atoms with Crippen molar-refractivity contribution >= 4 is 21.5 Å². The van der Waals surface area contributed by atoms with Crippen molar-refractivity contribution in [1.82, 2.24) is 0 Å². The van der Waals surface area contributed by atoms with Crippen molar-refractivity contribution in [2.75, 3.05) is 0 Å². The molecule has 30 heavy (non-hydrogen) atoms. The van der Waals surface area contributed by atoms with E-state index >= 15 is 0 Å². The highest BCUT2D eigenvalue weighted by atomic mass is 16.5. The third-order valence-electron chi connectivity index (χ3n) is 5.00. The molecule has 5 aromatic rings. The first-order valence-corrected chi connectivity index (χ1v) is 9.66. The van der Waals surface area contributed by atoms with Gasteiger partial charge in [-0.3, -0.25) is 0 Å². The zero-order valence-electron chi connectivity index (χ0n) is 16.1. The Morgan fingerprint density at radius 1 is 0.500 bits per heavy atom. The summed E-state index contributed by atoms with van der Waals surface area (Å²) in [7, 11) is 0. The van der Waals surface area contributed by atoms with Crippen molar-refractivity contribution in [2.45, 2.75) is 0 Å². The second kappa shape index (κ2) is 7.62. The number of hydrogen-bond donors (Lipinski definition) is 0. The number of ether oxygens (including phenoxy) is 2. The molecule has 142 valence electrons. The van der Waals surface area contributed by atoms with Gasteiger partial charge in [0.05, 0.1) is 0 Å². The molecule has 0 aliphatic rings. The maximum atomic E-state index is 9.79. The summed E-state index contributed by atoms with van der Waals surface area (Å²) in [6.45, 7) is 0. The molecule has 0 aliphatic carbocycles. The zero-order valence-corrected chi connectivity index (χ0v) is 16.1. The Morgan fingerprint density at radius 3 is 1.43 bits per heavy atom. The molecule has 0 aliphatic heterocycles. The van der Waals surface area contributed by atoms with Crippen molar-refractivity contribution < 1.29 is 9.47 Å². The van der Waals surface area contributed by atoms with E-state index in [1.807, 2.05) is 78.9 Å². The van der Waals surface area contributed by atoms with Crippen LogP contribution in [0.25, 0.3) is 21.5 Å². The van der Waals surface area contributed by atoms with E-state index in [-0.39, 0.29) is 0 Å². The maximum Gasteiger partial charge on any atom is 0.149 e. The van der Waals surface area contributed by atoms with Crippen LogP contribution in [0.2, 0.25) is 0 Å². The lowest BCUT2D eigenvalue weighted by Crippen LogP contribution is -1.93. The highest BCUT2D eigenvalue weighted by Crippen LogP contribution is 2.35.